The van der Waals surface area contributed by atoms with Crippen molar-refractivity contribution in [3.05, 3.63) is 59.2 Å². The summed E-state index contributed by atoms with van der Waals surface area (Å²) >= 11 is 0. The number of anilines is 2. The van der Waals surface area contributed by atoms with Gasteiger partial charge in [-0.3, -0.25) is 19.7 Å². The Morgan fingerprint density at radius 1 is 1.10 bits per heavy atom. The van der Waals surface area contributed by atoms with Gasteiger partial charge in [-0.1, -0.05) is 24.3 Å². The Labute approximate surface area is 175 Å². The third kappa shape index (κ3) is 3.20. The second-order valence-electron chi connectivity index (χ2n) is 8.33. The van der Waals surface area contributed by atoms with E-state index in [-0.39, 0.29) is 24.1 Å². The second-order valence-corrected chi connectivity index (χ2v) is 8.33. The number of fused-ring (bicyclic) bond motifs is 2. The molecule has 0 aromatic heterocycles. The van der Waals surface area contributed by atoms with E-state index in [9.17, 15) is 14.4 Å². The molecule has 3 amide bonds. The van der Waals surface area contributed by atoms with Crippen LogP contribution >= 0.6 is 0 Å². The van der Waals surface area contributed by atoms with E-state index >= 15 is 0 Å². The van der Waals surface area contributed by atoms with Crippen LogP contribution in [-0.4, -0.2) is 41.2 Å². The number of imide groups is 1. The number of hydrogen-bond acceptors (Lipinski definition) is 5. The number of hydrogen-bond donors (Lipinski definition) is 2. The summed E-state index contributed by atoms with van der Waals surface area (Å²) in [6.45, 7) is 4.23. The molecule has 3 aliphatic heterocycles. The van der Waals surface area contributed by atoms with Gasteiger partial charge in [-0.05, 0) is 42.7 Å². The zero-order chi connectivity index (χ0) is 20.8. The first kappa shape index (κ1) is 18.7. The van der Waals surface area contributed by atoms with Crippen molar-refractivity contribution in [1.82, 2.24) is 10.2 Å². The monoisotopic (exact) mass is 404 g/mol. The number of para-hydroxylation sites is 2. The van der Waals surface area contributed by atoms with Crippen LogP contribution in [0.4, 0.5) is 11.4 Å². The van der Waals surface area contributed by atoms with E-state index in [1.54, 1.807) is 4.90 Å². The molecule has 3 heterocycles. The van der Waals surface area contributed by atoms with Crippen LogP contribution in [-0.2, 0) is 22.7 Å². The van der Waals surface area contributed by atoms with Crippen molar-refractivity contribution >= 4 is 29.1 Å². The van der Waals surface area contributed by atoms with Gasteiger partial charge in [0.1, 0.15) is 6.04 Å². The highest BCUT2D eigenvalue weighted by Crippen LogP contribution is 2.33. The lowest BCUT2D eigenvalue weighted by Gasteiger charge is -2.36. The van der Waals surface area contributed by atoms with E-state index in [0.717, 1.165) is 29.9 Å². The Bertz CT molecular complexity index is 1050. The minimum absolute atomic E-state index is 0.132. The highest BCUT2D eigenvalue weighted by Gasteiger charge is 2.39. The largest absolute Gasteiger partial charge is 0.379 e. The van der Waals surface area contributed by atoms with Crippen molar-refractivity contribution in [2.24, 2.45) is 0 Å². The summed E-state index contributed by atoms with van der Waals surface area (Å²) in [6, 6.07) is 14.0. The average Bonchev–Trinajstić information content (AvgIpc) is 3.03. The Hall–Kier alpha value is -3.35. The van der Waals surface area contributed by atoms with Crippen molar-refractivity contribution in [2.45, 2.75) is 44.9 Å². The first-order valence-electron chi connectivity index (χ1n) is 10.4. The number of carbonyl (C=O) groups is 3. The Morgan fingerprint density at radius 3 is 2.77 bits per heavy atom. The summed E-state index contributed by atoms with van der Waals surface area (Å²) in [7, 11) is 0. The zero-order valence-corrected chi connectivity index (χ0v) is 16.9. The fourth-order valence-electron chi connectivity index (χ4n) is 4.71. The van der Waals surface area contributed by atoms with Crippen molar-refractivity contribution in [1.29, 1.82) is 0 Å². The maximum atomic E-state index is 12.9. The molecule has 7 nitrogen and oxygen atoms in total. The number of benzene rings is 2. The van der Waals surface area contributed by atoms with Crippen LogP contribution in [0.1, 0.15) is 41.3 Å². The third-order valence-corrected chi connectivity index (χ3v) is 6.10. The number of rotatable bonds is 3. The summed E-state index contributed by atoms with van der Waals surface area (Å²) in [6.07, 6.45) is 0.648. The van der Waals surface area contributed by atoms with E-state index < -0.39 is 6.04 Å². The Kier molecular flexibility index (Phi) is 4.46. The molecule has 0 aliphatic carbocycles. The van der Waals surface area contributed by atoms with E-state index in [1.165, 1.54) is 5.69 Å². The normalized spacial score (nSPS) is 23.0. The van der Waals surface area contributed by atoms with Crippen LogP contribution in [0, 0.1) is 0 Å². The molecule has 2 aromatic carbocycles. The van der Waals surface area contributed by atoms with Crippen LogP contribution in [0.3, 0.4) is 0 Å². The molecule has 3 aliphatic rings. The van der Waals surface area contributed by atoms with E-state index in [0.29, 0.717) is 24.6 Å². The number of nitrogens with one attached hydrogen (secondary N) is 2. The molecule has 0 radical (unpaired) electrons. The van der Waals surface area contributed by atoms with Gasteiger partial charge in [0.2, 0.25) is 11.8 Å². The van der Waals surface area contributed by atoms with Crippen LogP contribution in [0.5, 0.6) is 0 Å². The molecule has 154 valence electrons. The van der Waals surface area contributed by atoms with E-state index in [4.69, 9.17) is 0 Å². The molecule has 30 heavy (non-hydrogen) atoms. The van der Waals surface area contributed by atoms with Crippen LogP contribution in [0.15, 0.2) is 42.5 Å². The van der Waals surface area contributed by atoms with Crippen molar-refractivity contribution in [2.75, 3.05) is 16.8 Å². The molecule has 1 saturated heterocycles. The number of carbonyl (C=O) groups excluding carboxylic acids is 3. The lowest BCUT2D eigenvalue weighted by molar-refractivity contribution is -0.136. The maximum absolute atomic E-state index is 12.9. The van der Waals surface area contributed by atoms with Crippen molar-refractivity contribution in [3.63, 3.8) is 0 Å². The topological polar surface area (TPSA) is 81.8 Å². The average molecular weight is 404 g/mol. The summed E-state index contributed by atoms with van der Waals surface area (Å²) in [5, 5.41) is 5.87. The second kappa shape index (κ2) is 7.16. The van der Waals surface area contributed by atoms with Gasteiger partial charge in [-0.25, -0.2) is 0 Å². The molecule has 1 fully saturated rings. The van der Waals surface area contributed by atoms with E-state index in [2.05, 4.69) is 40.7 Å². The summed E-state index contributed by atoms with van der Waals surface area (Å²) in [5.41, 5.74) is 5.04. The lowest BCUT2D eigenvalue weighted by Crippen LogP contribution is -2.52. The standard InChI is InChI=1S/C23H24N4O3/c1-14-11-26(19-5-3-2-4-18(19)24-14)12-15-6-7-17-16(10-15)13-27(23(17)30)20-8-9-21(28)25-22(20)29/h2-7,10,14,20,24H,8-9,11-13H2,1H3,(H,25,28,29). The third-order valence-electron chi connectivity index (χ3n) is 6.10. The number of piperidine rings is 1. The molecule has 2 atom stereocenters. The number of nitrogens with zero attached hydrogens (tertiary/aromatic N) is 2. The quantitative estimate of drug-likeness (QED) is 0.767. The van der Waals surface area contributed by atoms with Gasteiger partial charge in [-0.2, -0.15) is 0 Å². The van der Waals surface area contributed by atoms with Gasteiger partial charge in [0.05, 0.1) is 11.4 Å². The lowest BCUT2D eigenvalue weighted by atomic mass is 10.0. The molecular weight excluding hydrogens is 380 g/mol. The van der Waals surface area contributed by atoms with Gasteiger partial charge in [0.15, 0.2) is 0 Å². The van der Waals surface area contributed by atoms with Gasteiger partial charge in [-0.15, -0.1) is 0 Å². The summed E-state index contributed by atoms with van der Waals surface area (Å²) < 4.78 is 0. The molecule has 0 spiro atoms. The highest BCUT2D eigenvalue weighted by atomic mass is 16.2. The fraction of sp³-hybridized carbons (Fsp3) is 0.348. The molecule has 5 rings (SSSR count). The summed E-state index contributed by atoms with van der Waals surface area (Å²) in [5.74, 6) is -0.778. The van der Waals surface area contributed by atoms with Crippen LogP contribution in [0.2, 0.25) is 0 Å². The van der Waals surface area contributed by atoms with Gasteiger partial charge in [0, 0.05) is 37.7 Å². The predicted molar refractivity (Wildman–Crippen MR) is 113 cm³/mol. The molecule has 0 bridgehead atoms. The predicted octanol–water partition coefficient (Wildman–Crippen LogP) is 2.27. The van der Waals surface area contributed by atoms with Gasteiger partial charge in [0.25, 0.3) is 5.91 Å². The fourth-order valence-corrected chi connectivity index (χ4v) is 4.71. The van der Waals surface area contributed by atoms with Gasteiger partial charge < -0.3 is 15.1 Å². The zero-order valence-electron chi connectivity index (χ0n) is 16.9. The van der Waals surface area contributed by atoms with Crippen molar-refractivity contribution < 1.29 is 14.4 Å². The Morgan fingerprint density at radius 2 is 1.93 bits per heavy atom. The minimum atomic E-state index is -0.577. The van der Waals surface area contributed by atoms with Crippen molar-refractivity contribution in [3.8, 4) is 0 Å². The molecule has 2 aromatic rings. The highest BCUT2D eigenvalue weighted by molar-refractivity contribution is 6.05. The summed E-state index contributed by atoms with van der Waals surface area (Å²) in [4.78, 5) is 40.5. The molecule has 7 heteroatoms. The smallest absolute Gasteiger partial charge is 0.255 e. The molecule has 2 unspecified atom stereocenters. The molecule has 2 N–H and O–H groups in total. The van der Waals surface area contributed by atoms with Gasteiger partial charge >= 0.3 is 0 Å². The SMILES string of the molecule is CC1CN(Cc2ccc3c(c2)CN(C2CCC(=O)NC2=O)C3=O)c2ccccc2N1. The van der Waals surface area contributed by atoms with Crippen LogP contribution < -0.4 is 15.5 Å². The first-order valence-corrected chi connectivity index (χ1v) is 10.4. The van der Waals surface area contributed by atoms with Crippen LogP contribution in [0.25, 0.3) is 0 Å². The molecule has 0 saturated carbocycles. The Balaban J connectivity index is 1.36. The molecular formula is C23H24N4O3. The first-order chi connectivity index (χ1) is 14.5. The number of amides is 3. The van der Waals surface area contributed by atoms with E-state index in [1.807, 2.05) is 24.3 Å². The minimum Gasteiger partial charge on any atom is -0.379 e. The maximum Gasteiger partial charge on any atom is 0.255 e.